The number of sulfone groups is 1. The summed E-state index contributed by atoms with van der Waals surface area (Å²) in [4.78, 5) is 2.65. The molecule has 4 atom stereocenters. The molecule has 3 rings (SSSR count). The van der Waals surface area contributed by atoms with Crippen molar-refractivity contribution in [2.75, 3.05) is 19.3 Å². The third-order valence-corrected chi connectivity index (χ3v) is 7.22. The molecule has 0 bridgehead atoms. The number of hydrogen-bond acceptors (Lipinski definition) is 4. The fraction of sp³-hybridized carbons (Fsp3) is 1.00. The maximum Gasteiger partial charge on any atom is 0.150 e. The molecule has 0 aromatic heterocycles. The fourth-order valence-electron chi connectivity index (χ4n) is 4.55. The van der Waals surface area contributed by atoms with Gasteiger partial charge in [0.2, 0.25) is 0 Å². The first-order chi connectivity index (χ1) is 9.55. The van der Waals surface area contributed by atoms with Crippen LogP contribution in [0.1, 0.15) is 51.4 Å². The minimum Gasteiger partial charge on any atom is -0.312 e. The maximum absolute atomic E-state index is 11.9. The van der Waals surface area contributed by atoms with Crippen molar-refractivity contribution in [3.8, 4) is 0 Å². The van der Waals surface area contributed by atoms with Crippen LogP contribution in [0.15, 0.2) is 0 Å². The molecule has 2 heterocycles. The Hall–Kier alpha value is -0.130. The lowest BCUT2D eigenvalue weighted by molar-refractivity contribution is 0.123. The van der Waals surface area contributed by atoms with Gasteiger partial charge in [-0.2, -0.15) is 0 Å². The zero-order chi connectivity index (χ0) is 14.2. The van der Waals surface area contributed by atoms with E-state index in [9.17, 15) is 8.42 Å². The van der Waals surface area contributed by atoms with E-state index in [0.29, 0.717) is 18.1 Å². The van der Waals surface area contributed by atoms with Gasteiger partial charge in [0, 0.05) is 24.4 Å². The SMILES string of the molecule is CS(=O)(=O)C1CCCC(N2CCCC2C2CCCN2)C1. The van der Waals surface area contributed by atoms with Crippen molar-refractivity contribution in [3.05, 3.63) is 0 Å². The van der Waals surface area contributed by atoms with Gasteiger partial charge in [-0.1, -0.05) is 6.42 Å². The summed E-state index contributed by atoms with van der Waals surface area (Å²) < 4.78 is 23.7. The number of hydrogen-bond donors (Lipinski definition) is 1. The average molecular weight is 300 g/mol. The molecule has 116 valence electrons. The summed E-state index contributed by atoms with van der Waals surface area (Å²) in [7, 11) is -2.87. The zero-order valence-electron chi connectivity index (χ0n) is 12.6. The van der Waals surface area contributed by atoms with E-state index in [1.165, 1.54) is 44.9 Å². The Morgan fingerprint density at radius 2 is 1.90 bits per heavy atom. The molecule has 20 heavy (non-hydrogen) atoms. The molecule has 5 heteroatoms. The quantitative estimate of drug-likeness (QED) is 0.859. The molecule has 0 spiro atoms. The highest BCUT2D eigenvalue weighted by Crippen LogP contribution is 2.34. The maximum atomic E-state index is 11.9. The molecule has 4 nitrogen and oxygen atoms in total. The first-order valence-electron chi connectivity index (χ1n) is 8.23. The second-order valence-electron chi connectivity index (χ2n) is 6.92. The van der Waals surface area contributed by atoms with Crippen LogP contribution in [0.2, 0.25) is 0 Å². The monoisotopic (exact) mass is 300 g/mol. The third kappa shape index (κ3) is 3.04. The fourth-order valence-corrected chi connectivity index (χ4v) is 5.72. The molecule has 2 aliphatic heterocycles. The van der Waals surface area contributed by atoms with Gasteiger partial charge in [0.05, 0.1) is 5.25 Å². The van der Waals surface area contributed by atoms with E-state index in [4.69, 9.17) is 0 Å². The number of likely N-dealkylation sites (tertiary alicyclic amines) is 1. The molecular formula is C15H28N2O2S. The van der Waals surface area contributed by atoms with Crippen molar-refractivity contribution < 1.29 is 8.42 Å². The molecule has 0 aromatic rings. The van der Waals surface area contributed by atoms with Crippen LogP contribution in [-0.2, 0) is 9.84 Å². The Balaban J connectivity index is 1.67. The van der Waals surface area contributed by atoms with Crippen LogP contribution < -0.4 is 5.32 Å². The van der Waals surface area contributed by atoms with E-state index in [1.807, 2.05) is 0 Å². The Kier molecular flexibility index (Phi) is 4.39. The van der Waals surface area contributed by atoms with E-state index in [-0.39, 0.29) is 5.25 Å². The normalized spacial score (nSPS) is 40.2. The van der Waals surface area contributed by atoms with Gasteiger partial charge in [0.25, 0.3) is 0 Å². The van der Waals surface area contributed by atoms with Crippen LogP contribution in [0.5, 0.6) is 0 Å². The van der Waals surface area contributed by atoms with Gasteiger partial charge >= 0.3 is 0 Å². The average Bonchev–Trinajstić information content (AvgIpc) is 3.08. The van der Waals surface area contributed by atoms with E-state index in [1.54, 1.807) is 0 Å². The molecular weight excluding hydrogens is 272 g/mol. The Bertz CT molecular complexity index is 431. The van der Waals surface area contributed by atoms with Gasteiger partial charge < -0.3 is 5.32 Å². The minimum atomic E-state index is -2.87. The smallest absolute Gasteiger partial charge is 0.150 e. The molecule has 0 aromatic carbocycles. The predicted octanol–water partition coefficient (Wildman–Crippen LogP) is 1.56. The van der Waals surface area contributed by atoms with Gasteiger partial charge in [0.15, 0.2) is 0 Å². The zero-order valence-corrected chi connectivity index (χ0v) is 13.4. The van der Waals surface area contributed by atoms with Gasteiger partial charge in [-0.05, 0) is 58.0 Å². The lowest BCUT2D eigenvalue weighted by Crippen LogP contribution is -2.50. The van der Waals surface area contributed by atoms with Crippen LogP contribution in [-0.4, -0.2) is 56.0 Å². The largest absolute Gasteiger partial charge is 0.312 e. The minimum absolute atomic E-state index is 0.0981. The van der Waals surface area contributed by atoms with Crippen LogP contribution >= 0.6 is 0 Å². The highest BCUT2D eigenvalue weighted by Gasteiger charge is 2.39. The summed E-state index contributed by atoms with van der Waals surface area (Å²) >= 11 is 0. The summed E-state index contributed by atoms with van der Waals surface area (Å²) in [6, 6.07) is 1.80. The molecule has 3 aliphatic rings. The van der Waals surface area contributed by atoms with Crippen molar-refractivity contribution in [1.29, 1.82) is 0 Å². The van der Waals surface area contributed by atoms with Crippen molar-refractivity contribution in [3.63, 3.8) is 0 Å². The summed E-state index contributed by atoms with van der Waals surface area (Å²) in [5.41, 5.74) is 0. The van der Waals surface area contributed by atoms with Crippen molar-refractivity contribution in [2.45, 2.75) is 74.7 Å². The number of nitrogens with one attached hydrogen (secondary N) is 1. The summed E-state index contributed by atoms with van der Waals surface area (Å²) in [5.74, 6) is 0. The van der Waals surface area contributed by atoms with Crippen molar-refractivity contribution in [2.24, 2.45) is 0 Å². The van der Waals surface area contributed by atoms with Gasteiger partial charge in [0.1, 0.15) is 9.84 Å². The van der Waals surface area contributed by atoms with Gasteiger partial charge in [-0.3, -0.25) is 4.90 Å². The van der Waals surface area contributed by atoms with Crippen LogP contribution in [0, 0.1) is 0 Å². The Morgan fingerprint density at radius 3 is 2.60 bits per heavy atom. The van der Waals surface area contributed by atoms with Gasteiger partial charge in [-0.15, -0.1) is 0 Å². The van der Waals surface area contributed by atoms with Crippen molar-refractivity contribution in [1.82, 2.24) is 10.2 Å². The topological polar surface area (TPSA) is 49.4 Å². The molecule has 0 radical (unpaired) electrons. The second-order valence-corrected chi connectivity index (χ2v) is 9.25. The lowest BCUT2D eigenvalue weighted by Gasteiger charge is -2.40. The second kappa shape index (κ2) is 5.93. The van der Waals surface area contributed by atoms with Crippen LogP contribution in [0.3, 0.4) is 0 Å². The molecule has 3 fully saturated rings. The van der Waals surface area contributed by atoms with E-state index >= 15 is 0 Å². The number of nitrogens with zero attached hydrogens (tertiary/aromatic N) is 1. The highest BCUT2D eigenvalue weighted by atomic mass is 32.2. The molecule has 1 N–H and O–H groups in total. The van der Waals surface area contributed by atoms with Gasteiger partial charge in [-0.25, -0.2) is 8.42 Å². The third-order valence-electron chi connectivity index (χ3n) is 5.58. The summed E-state index contributed by atoms with van der Waals surface area (Å²) in [6.07, 6.45) is 10.6. The highest BCUT2D eigenvalue weighted by molar-refractivity contribution is 7.91. The number of rotatable bonds is 3. The lowest BCUT2D eigenvalue weighted by atomic mass is 9.92. The van der Waals surface area contributed by atoms with Crippen LogP contribution in [0.25, 0.3) is 0 Å². The summed E-state index contributed by atoms with van der Waals surface area (Å²) in [5, 5.41) is 3.55. The standard InChI is InChI=1S/C15H28N2O2S/c1-20(18,19)13-6-2-5-12(11-13)17-10-4-8-15(17)14-7-3-9-16-14/h12-16H,2-11H2,1H3. The molecule has 2 saturated heterocycles. The first-order valence-corrected chi connectivity index (χ1v) is 10.2. The Morgan fingerprint density at radius 1 is 1.05 bits per heavy atom. The molecule has 1 saturated carbocycles. The molecule has 0 amide bonds. The van der Waals surface area contributed by atoms with E-state index < -0.39 is 9.84 Å². The van der Waals surface area contributed by atoms with Crippen molar-refractivity contribution >= 4 is 9.84 Å². The van der Waals surface area contributed by atoms with Crippen LogP contribution in [0.4, 0.5) is 0 Å². The molecule has 1 aliphatic carbocycles. The first kappa shape index (κ1) is 14.8. The Labute approximate surface area is 123 Å². The predicted molar refractivity (Wildman–Crippen MR) is 81.6 cm³/mol. The van der Waals surface area contributed by atoms with E-state index in [2.05, 4.69) is 10.2 Å². The molecule has 4 unspecified atom stereocenters. The summed E-state index contributed by atoms with van der Waals surface area (Å²) in [6.45, 7) is 2.33. The van der Waals surface area contributed by atoms with E-state index in [0.717, 1.165) is 25.8 Å².